The summed E-state index contributed by atoms with van der Waals surface area (Å²) in [5.74, 6) is -6.60. The molecular formula is C25H34NO13+. The van der Waals surface area contributed by atoms with Crippen LogP contribution in [0, 0.1) is 11.8 Å². The van der Waals surface area contributed by atoms with Gasteiger partial charge in [0.15, 0.2) is 12.4 Å². The number of carboxylic acid groups (broad SMARTS) is 1. The summed E-state index contributed by atoms with van der Waals surface area (Å²) in [5.41, 5.74) is 0.684. The van der Waals surface area contributed by atoms with Gasteiger partial charge < -0.3 is 59.6 Å². The maximum absolute atomic E-state index is 12.5. The van der Waals surface area contributed by atoms with Crippen molar-refractivity contribution in [2.75, 3.05) is 33.4 Å². The smallest absolute Gasteiger partial charge is 0.341 e. The number of allylic oxidation sites excluding steroid dienone is 1. The first-order chi connectivity index (χ1) is 18.5. The topological polar surface area (TPSA) is 217 Å². The monoisotopic (exact) mass is 556 g/mol. The fourth-order valence-electron chi connectivity index (χ4n) is 4.54. The van der Waals surface area contributed by atoms with Crippen LogP contribution in [0.5, 0.6) is 0 Å². The largest absolute Gasteiger partial charge is 0.477 e. The van der Waals surface area contributed by atoms with E-state index in [9.17, 15) is 45.3 Å². The standard InChI is InChI=1S/C25H33NO13/c1-3-15-16(5-4-13-8-14(21(31)32)10-26(9-13)6-7-27)17(22(33)36-2)12-37-23(15)39-24-20(30)25(34,35)19(29)18(11-28)38-24/h3-5,8,10,12,15-16,18-20,23-24,27-30,34-35H,1,6-7,9,11H2,2H3,(H,31,32)/p+1/b5-4-/t15-,16+,18-,19-,20+,23+,24+/m1/s1. The van der Waals surface area contributed by atoms with E-state index in [2.05, 4.69) is 6.58 Å². The summed E-state index contributed by atoms with van der Waals surface area (Å²) in [5, 5.41) is 68.8. The first-order valence-electron chi connectivity index (χ1n) is 12.1. The number of carbonyl (C=O) groups excluding carboxylic acids is 1. The zero-order valence-corrected chi connectivity index (χ0v) is 21.1. The molecule has 0 aromatic carbocycles. The first-order valence-corrected chi connectivity index (χ1v) is 12.1. The maximum atomic E-state index is 12.5. The van der Waals surface area contributed by atoms with Crippen LogP contribution < -0.4 is 4.90 Å². The Morgan fingerprint density at radius 2 is 1.95 bits per heavy atom. The Bertz CT molecular complexity index is 1050. The van der Waals surface area contributed by atoms with Crippen molar-refractivity contribution < 1.29 is 69.2 Å². The summed E-state index contributed by atoms with van der Waals surface area (Å²) in [4.78, 5) is 24.8. The Balaban J connectivity index is 1.90. The minimum atomic E-state index is -3.08. The van der Waals surface area contributed by atoms with Gasteiger partial charge >= 0.3 is 11.9 Å². The van der Waals surface area contributed by atoms with E-state index in [1.54, 1.807) is 12.2 Å². The highest BCUT2D eigenvalue weighted by molar-refractivity contribution is 5.90. The Hall–Kier alpha value is -2.92. The van der Waals surface area contributed by atoms with Gasteiger partial charge in [-0.05, 0) is 6.08 Å². The number of nitrogens with one attached hydrogen (secondary N) is 1. The Labute approximate surface area is 223 Å². The first kappa shape index (κ1) is 30.6. The molecule has 14 heteroatoms. The van der Waals surface area contributed by atoms with Gasteiger partial charge in [0.1, 0.15) is 37.1 Å². The molecular weight excluding hydrogens is 522 g/mol. The zero-order chi connectivity index (χ0) is 28.9. The molecule has 0 spiro atoms. The Kier molecular flexibility index (Phi) is 10.2. The molecule has 216 valence electrons. The van der Waals surface area contributed by atoms with E-state index >= 15 is 0 Å². The van der Waals surface area contributed by atoms with Crippen LogP contribution >= 0.6 is 0 Å². The van der Waals surface area contributed by atoms with Crippen molar-refractivity contribution >= 4 is 11.9 Å². The molecule has 8 N–H and O–H groups in total. The molecule has 39 heavy (non-hydrogen) atoms. The van der Waals surface area contributed by atoms with Crippen LogP contribution in [0.2, 0.25) is 0 Å². The van der Waals surface area contributed by atoms with E-state index in [-0.39, 0.29) is 24.3 Å². The highest BCUT2D eigenvalue weighted by atomic mass is 16.8. The number of hydrogen-bond donors (Lipinski definition) is 8. The van der Waals surface area contributed by atoms with E-state index in [0.29, 0.717) is 17.0 Å². The van der Waals surface area contributed by atoms with Crippen molar-refractivity contribution in [1.82, 2.24) is 0 Å². The molecule has 1 saturated heterocycles. The normalized spacial score (nSPS) is 34.4. The Morgan fingerprint density at radius 3 is 2.54 bits per heavy atom. The van der Waals surface area contributed by atoms with E-state index in [0.717, 1.165) is 6.26 Å². The lowest BCUT2D eigenvalue weighted by molar-refractivity contribution is -0.842. The van der Waals surface area contributed by atoms with Crippen molar-refractivity contribution in [1.29, 1.82) is 0 Å². The number of aliphatic hydroxyl groups is 6. The molecule has 3 aliphatic heterocycles. The molecule has 0 radical (unpaired) electrons. The summed E-state index contributed by atoms with van der Waals surface area (Å²) in [6.07, 6.45) is -0.141. The maximum Gasteiger partial charge on any atom is 0.341 e. The number of esters is 1. The molecule has 1 fully saturated rings. The van der Waals surface area contributed by atoms with Gasteiger partial charge in [0.05, 0.1) is 38.1 Å². The van der Waals surface area contributed by atoms with Crippen molar-refractivity contribution in [3.63, 3.8) is 0 Å². The molecule has 8 atom stereocenters. The molecule has 3 aliphatic rings. The van der Waals surface area contributed by atoms with Crippen LogP contribution in [0.15, 0.2) is 60.1 Å². The van der Waals surface area contributed by atoms with Crippen LogP contribution in [-0.2, 0) is 28.5 Å². The quantitative estimate of drug-likeness (QED) is 0.0739. The highest BCUT2D eigenvalue weighted by Gasteiger charge is 2.56. The van der Waals surface area contributed by atoms with Gasteiger partial charge in [0.2, 0.25) is 12.1 Å². The van der Waals surface area contributed by atoms with Crippen LogP contribution in [0.3, 0.4) is 0 Å². The predicted octanol–water partition coefficient (Wildman–Crippen LogP) is -3.70. The predicted molar refractivity (Wildman–Crippen MR) is 129 cm³/mol. The minimum absolute atomic E-state index is 0.0297. The van der Waals surface area contributed by atoms with Gasteiger partial charge in [0.25, 0.3) is 0 Å². The van der Waals surface area contributed by atoms with Gasteiger partial charge in [-0.15, -0.1) is 6.58 Å². The van der Waals surface area contributed by atoms with Crippen molar-refractivity contribution in [2.45, 2.75) is 36.7 Å². The summed E-state index contributed by atoms with van der Waals surface area (Å²) in [6, 6.07) is 0. The molecule has 0 aromatic rings. The number of rotatable bonds is 10. The number of quaternary nitrogens is 1. The number of carboxylic acids is 1. The second kappa shape index (κ2) is 13.0. The van der Waals surface area contributed by atoms with Gasteiger partial charge in [-0.25, -0.2) is 9.59 Å². The molecule has 1 unspecified atom stereocenters. The van der Waals surface area contributed by atoms with Crippen LogP contribution in [-0.4, -0.2) is 118 Å². The summed E-state index contributed by atoms with van der Waals surface area (Å²) in [7, 11) is 1.17. The third-order valence-electron chi connectivity index (χ3n) is 6.68. The fraction of sp³-hybridized carbons (Fsp3) is 0.520. The average Bonchev–Trinajstić information content (AvgIpc) is 2.91. The average molecular weight is 557 g/mol. The summed E-state index contributed by atoms with van der Waals surface area (Å²) in [6.45, 7) is 3.43. The number of hydrogen-bond acceptors (Lipinski definition) is 12. The van der Waals surface area contributed by atoms with Crippen molar-refractivity contribution in [3.8, 4) is 0 Å². The summed E-state index contributed by atoms with van der Waals surface area (Å²) < 4.78 is 21.4. The molecule has 14 nitrogen and oxygen atoms in total. The van der Waals surface area contributed by atoms with Gasteiger partial charge in [-0.3, -0.25) is 0 Å². The number of aliphatic hydroxyl groups excluding tert-OH is 4. The lowest BCUT2D eigenvalue weighted by atomic mass is 9.83. The molecule has 0 bridgehead atoms. The summed E-state index contributed by atoms with van der Waals surface area (Å²) >= 11 is 0. The molecule has 0 aliphatic carbocycles. The lowest BCUT2D eigenvalue weighted by Gasteiger charge is -2.46. The van der Waals surface area contributed by atoms with Gasteiger partial charge in [-0.2, -0.15) is 0 Å². The minimum Gasteiger partial charge on any atom is -0.477 e. The number of methoxy groups -OCH3 is 1. The van der Waals surface area contributed by atoms with E-state index < -0.39 is 67.1 Å². The third-order valence-corrected chi connectivity index (χ3v) is 6.68. The molecule has 0 amide bonds. The molecule has 0 saturated carbocycles. The van der Waals surface area contributed by atoms with E-state index in [4.69, 9.17) is 18.9 Å². The van der Waals surface area contributed by atoms with Gasteiger partial charge in [-0.1, -0.05) is 18.2 Å². The Morgan fingerprint density at radius 1 is 1.23 bits per heavy atom. The van der Waals surface area contributed by atoms with E-state index in [1.165, 1.54) is 25.5 Å². The van der Waals surface area contributed by atoms with Gasteiger partial charge in [0, 0.05) is 11.5 Å². The molecule has 3 rings (SSSR count). The van der Waals surface area contributed by atoms with Crippen LogP contribution in [0.25, 0.3) is 0 Å². The lowest BCUT2D eigenvalue weighted by Crippen LogP contribution is -3.08. The van der Waals surface area contributed by atoms with Crippen LogP contribution in [0.4, 0.5) is 0 Å². The van der Waals surface area contributed by atoms with Crippen molar-refractivity contribution in [3.05, 3.63) is 60.1 Å². The zero-order valence-electron chi connectivity index (χ0n) is 21.1. The second-order valence-electron chi connectivity index (χ2n) is 9.23. The fourth-order valence-corrected chi connectivity index (χ4v) is 4.54. The highest BCUT2D eigenvalue weighted by Crippen LogP contribution is 2.37. The third kappa shape index (κ3) is 6.63. The molecule has 3 heterocycles. The number of ether oxygens (including phenoxy) is 4. The van der Waals surface area contributed by atoms with E-state index in [1.807, 2.05) is 0 Å². The second-order valence-corrected chi connectivity index (χ2v) is 9.23. The van der Waals surface area contributed by atoms with Crippen LogP contribution in [0.1, 0.15) is 0 Å². The SMILES string of the molecule is C=C[C@H]1[C@H](O[C@@H]2O[C@H](CO)[C@@H](O)C(O)(O)[C@H]2O)OC=C(C(=O)OC)[C@H]1/C=C\C1=CC(C(=O)O)=C[NH+](CCO)C1. The number of aliphatic carboxylic acids is 1. The molecule has 0 aromatic heterocycles. The van der Waals surface area contributed by atoms with Crippen molar-refractivity contribution in [2.24, 2.45) is 11.8 Å². The number of carbonyl (C=O) groups is 2.